The number of aromatic nitrogens is 2. The standard InChI is InChI=1S/C14H15ClN2O2/c1-9-14(15)10(2)17(16-9)8-13(18)11-4-6-12(19-3)7-5-11/h4-7H,8H2,1-3H3. The Morgan fingerprint density at radius 3 is 2.42 bits per heavy atom. The Balaban J connectivity index is 2.18. The highest BCUT2D eigenvalue weighted by Gasteiger charge is 2.13. The number of benzene rings is 1. The van der Waals surface area contributed by atoms with Gasteiger partial charge < -0.3 is 4.74 Å². The number of ether oxygens (including phenoxy) is 1. The van der Waals surface area contributed by atoms with Gasteiger partial charge in [-0.25, -0.2) is 0 Å². The van der Waals surface area contributed by atoms with Crippen LogP contribution in [0.1, 0.15) is 21.7 Å². The number of hydrogen-bond acceptors (Lipinski definition) is 3. The van der Waals surface area contributed by atoms with Gasteiger partial charge in [0, 0.05) is 5.56 Å². The van der Waals surface area contributed by atoms with E-state index >= 15 is 0 Å². The second kappa shape index (κ2) is 5.45. The van der Waals surface area contributed by atoms with Crippen molar-refractivity contribution in [3.05, 3.63) is 46.2 Å². The predicted octanol–water partition coefficient (Wildman–Crippen LogP) is 3.04. The molecule has 19 heavy (non-hydrogen) atoms. The number of nitrogens with zero attached hydrogens (tertiary/aromatic N) is 2. The van der Waals surface area contributed by atoms with Gasteiger partial charge in [0.1, 0.15) is 12.3 Å². The normalized spacial score (nSPS) is 10.5. The summed E-state index contributed by atoms with van der Waals surface area (Å²) in [6, 6.07) is 7.02. The lowest BCUT2D eigenvalue weighted by Crippen LogP contribution is -2.13. The van der Waals surface area contributed by atoms with Gasteiger partial charge in [0.15, 0.2) is 5.78 Å². The molecule has 0 radical (unpaired) electrons. The van der Waals surface area contributed by atoms with Crippen molar-refractivity contribution in [1.29, 1.82) is 0 Å². The van der Waals surface area contributed by atoms with Crippen molar-refractivity contribution in [2.75, 3.05) is 7.11 Å². The summed E-state index contributed by atoms with van der Waals surface area (Å²) in [4.78, 5) is 12.1. The number of hydrogen-bond donors (Lipinski definition) is 0. The van der Waals surface area contributed by atoms with Gasteiger partial charge in [0.2, 0.25) is 0 Å². The number of rotatable bonds is 4. The largest absolute Gasteiger partial charge is 0.497 e. The Bertz CT molecular complexity index is 603. The van der Waals surface area contributed by atoms with Crippen LogP contribution in [0.3, 0.4) is 0 Å². The second-order valence-electron chi connectivity index (χ2n) is 4.29. The molecule has 2 rings (SSSR count). The molecule has 2 aromatic rings. The maximum absolute atomic E-state index is 12.1. The van der Waals surface area contributed by atoms with E-state index in [0.717, 1.165) is 17.1 Å². The molecule has 100 valence electrons. The topological polar surface area (TPSA) is 44.1 Å². The third kappa shape index (κ3) is 2.79. The minimum atomic E-state index is -0.00933. The summed E-state index contributed by atoms with van der Waals surface area (Å²) in [7, 11) is 1.59. The molecular formula is C14H15ClN2O2. The number of Topliss-reactive ketones (excluding diaryl/α,β-unsaturated/α-hetero) is 1. The number of carbonyl (C=O) groups excluding carboxylic acids is 1. The molecule has 1 aromatic carbocycles. The summed E-state index contributed by atoms with van der Waals surface area (Å²) < 4.78 is 6.69. The third-order valence-electron chi connectivity index (χ3n) is 3.00. The summed E-state index contributed by atoms with van der Waals surface area (Å²) in [6.07, 6.45) is 0. The van der Waals surface area contributed by atoms with Crippen LogP contribution in [0.2, 0.25) is 5.02 Å². The number of ketones is 1. The average Bonchev–Trinajstić information content (AvgIpc) is 2.66. The first-order valence-corrected chi connectivity index (χ1v) is 6.27. The van der Waals surface area contributed by atoms with E-state index < -0.39 is 0 Å². The minimum absolute atomic E-state index is 0.00933. The number of carbonyl (C=O) groups is 1. The van der Waals surface area contributed by atoms with E-state index in [4.69, 9.17) is 16.3 Å². The molecule has 5 heteroatoms. The molecule has 4 nitrogen and oxygen atoms in total. The molecule has 0 aliphatic rings. The molecule has 0 saturated heterocycles. The van der Waals surface area contributed by atoms with Gasteiger partial charge in [-0.1, -0.05) is 11.6 Å². The Kier molecular flexibility index (Phi) is 3.90. The molecule has 1 aromatic heterocycles. The third-order valence-corrected chi connectivity index (χ3v) is 3.55. The summed E-state index contributed by atoms with van der Waals surface area (Å²) >= 11 is 6.06. The number of methoxy groups -OCH3 is 1. The van der Waals surface area contributed by atoms with E-state index in [0.29, 0.717) is 10.6 Å². The monoisotopic (exact) mass is 278 g/mol. The number of aryl methyl sites for hydroxylation is 1. The van der Waals surface area contributed by atoms with Crippen LogP contribution in [-0.2, 0) is 6.54 Å². The maximum atomic E-state index is 12.1. The van der Waals surface area contributed by atoms with Crippen LogP contribution < -0.4 is 4.74 Å². The highest BCUT2D eigenvalue weighted by atomic mass is 35.5. The van der Waals surface area contributed by atoms with Crippen LogP contribution in [0, 0.1) is 13.8 Å². The molecule has 0 spiro atoms. The maximum Gasteiger partial charge on any atom is 0.184 e. The zero-order chi connectivity index (χ0) is 14.0. The molecule has 0 atom stereocenters. The molecule has 0 fully saturated rings. The van der Waals surface area contributed by atoms with E-state index in [2.05, 4.69) is 5.10 Å². The summed E-state index contributed by atoms with van der Waals surface area (Å²) in [5.74, 6) is 0.718. The van der Waals surface area contributed by atoms with Gasteiger partial charge in [0.05, 0.1) is 23.5 Å². The van der Waals surface area contributed by atoms with Crippen molar-refractivity contribution in [2.24, 2.45) is 0 Å². The van der Waals surface area contributed by atoms with Crippen LogP contribution in [0.4, 0.5) is 0 Å². The fourth-order valence-electron chi connectivity index (χ4n) is 1.83. The lowest BCUT2D eigenvalue weighted by atomic mass is 10.1. The highest BCUT2D eigenvalue weighted by molar-refractivity contribution is 6.31. The molecule has 0 saturated carbocycles. The van der Waals surface area contributed by atoms with Crippen LogP contribution in [0.15, 0.2) is 24.3 Å². The zero-order valence-corrected chi connectivity index (χ0v) is 11.9. The minimum Gasteiger partial charge on any atom is -0.497 e. The summed E-state index contributed by atoms with van der Waals surface area (Å²) in [6.45, 7) is 3.86. The summed E-state index contributed by atoms with van der Waals surface area (Å²) in [5, 5.41) is 4.86. The first kappa shape index (κ1) is 13.6. The van der Waals surface area contributed by atoms with Crippen molar-refractivity contribution in [3.8, 4) is 5.75 Å². The lowest BCUT2D eigenvalue weighted by Gasteiger charge is -2.05. The van der Waals surface area contributed by atoms with E-state index in [1.165, 1.54) is 0 Å². The molecule has 0 aliphatic heterocycles. The Morgan fingerprint density at radius 2 is 1.95 bits per heavy atom. The number of halogens is 1. The van der Waals surface area contributed by atoms with E-state index in [-0.39, 0.29) is 12.3 Å². The molecule has 0 unspecified atom stereocenters. The van der Waals surface area contributed by atoms with Gasteiger partial charge >= 0.3 is 0 Å². The van der Waals surface area contributed by atoms with Gasteiger partial charge in [0.25, 0.3) is 0 Å². The molecule has 0 aliphatic carbocycles. The average molecular weight is 279 g/mol. The van der Waals surface area contributed by atoms with E-state index in [9.17, 15) is 4.79 Å². The van der Waals surface area contributed by atoms with Gasteiger partial charge in [-0.05, 0) is 38.1 Å². The van der Waals surface area contributed by atoms with Crippen LogP contribution >= 0.6 is 11.6 Å². The first-order chi connectivity index (χ1) is 9.02. The van der Waals surface area contributed by atoms with Gasteiger partial charge in [-0.3, -0.25) is 9.48 Å². The van der Waals surface area contributed by atoms with Crippen LogP contribution in [0.25, 0.3) is 0 Å². The van der Waals surface area contributed by atoms with Crippen LogP contribution in [-0.4, -0.2) is 22.7 Å². The van der Waals surface area contributed by atoms with Crippen LogP contribution in [0.5, 0.6) is 5.75 Å². The Labute approximate surface area is 116 Å². The molecule has 0 bridgehead atoms. The fourth-order valence-corrected chi connectivity index (χ4v) is 1.97. The van der Waals surface area contributed by atoms with E-state index in [1.807, 2.05) is 13.8 Å². The zero-order valence-electron chi connectivity index (χ0n) is 11.1. The second-order valence-corrected chi connectivity index (χ2v) is 4.67. The Morgan fingerprint density at radius 1 is 1.32 bits per heavy atom. The van der Waals surface area contributed by atoms with Crippen molar-refractivity contribution >= 4 is 17.4 Å². The molecular weight excluding hydrogens is 264 g/mol. The molecule has 1 heterocycles. The fraction of sp³-hybridized carbons (Fsp3) is 0.286. The summed E-state index contributed by atoms with van der Waals surface area (Å²) in [5.41, 5.74) is 2.17. The van der Waals surface area contributed by atoms with Crippen molar-refractivity contribution in [2.45, 2.75) is 20.4 Å². The SMILES string of the molecule is COc1ccc(C(=O)Cn2nc(C)c(Cl)c2C)cc1. The van der Waals surface area contributed by atoms with Gasteiger partial charge in [-0.2, -0.15) is 5.10 Å². The lowest BCUT2D eigenvalue weighted by molar-refractivity contribution is 0.0966. The predicted molar refractivity (Wildman–Crippen MR) is 74.0 cm³/mol. The van der Waals surface area contributed by atoms with Crippen molar-refractivity contribution < 1.29 is 9.53 Å². The van der Waals surface area contributed by atoms with Gasteiger partial charge in [-0.15, -0.1) is 0 Å². The van der Waals surface area contributed by atoms with Crippen molar-refractivity contribution in [1.82, 2.24) is 9.78 Å². The van der Waals surface area contributed by atoms with E-state index in [1.54, 1.807) is 36.1 Å². The highest BCUT2D eigenvalue weighted by Crippen LogP contribution is 2.19. The molecule has 0 amide bonds. The Hall–Kier alpha value is -1.81. The molecule has 0 N–H and O–H groups in total. The first-order valence-electron chi connectivity index (χ1n) is 5.89. The van der Waals surface area contributed by atoms with Crippen molar-refractivity contribution in [3.63, 3.8) is 0 Å². The quantitative estimate of drug-likeness (QED) is 0.808. The smallest absolute Gasteiger partial charge is 0.184 e.